The van der Waals surface area contributed by atoms with Crippen molar-refractivity contribution in [2.24, 2.45) is 0 Å². The molecule has 0 bridgehead atoms. The molecule has 0 atom stereocenters. The predicted octanol–water partition coefficient (Wildman–Crippen LogP) is 9.36. The molecule has 304 valence electrons. The van der Waals surface area contributed by atoms with Crippen molar-refractivity contribution in [3.8, 4) is 0 Å². The summed E-state index contributed by atoms with van der Waals surface area (Å²) in [5.74, 6) is 0. The number of fused-ring (bicyclic) bond motifs is 4. The first-order valence-electron chi connectivity index (χ1n) is 19.7. The molecule has 0 saturated heterocycles. The average Bonchev–Trinajstić information content (AvgIpc) is 3.97. The van der Waals surface area contributed by atoms with Crippen LogP contribution in [0.3, 0.4) is 0 Å². The van der Waals surface area contributed by atoms with Crippen molar-refractivity contribution in [3.05, 3.63) is 168 Å². The number of benzene rings is 4. The monoisotopic (exact) mass is 1140 g/mol. The smallest absolute Gasteiger partial charge is 1.00 e. The summed E-state index contributed by atoms with van der Waals surface area (Å²) in [7, 11) is 0. The van der Waals surface area contributed by atoms with Gasteiger partial charge in [-0.2, -0.15) is 0 Å². The van der Waals surface area contributed by atoms with Gasteiger partial charge in [-0.25, -0.2) is 0 Å². The van der Waals surface area contributed by atoms with Crippen LogP contribution in [-0.4, -0.2) is 8.52 Å². The first-order valence-corrected chi connectivity index (χ1v) is 24.7. The molecule has 8 aromatic carbocycles. The number of hydrogen-bond acceptors (Lipinski definition) is 0. The first-order chi connectivity index (χ1) is 26.4. The van der Waals surface area contributed by atoms with E-state index in [1.54, 1.807) is 0 Å². The summed E-state index contributed by atoms with van der Waals surface area (Å²) in [6.07, 6.45) is 0. The normalized spacial score (nSPS) is 11.2. The zero-order valence-corrected chi connectivity index (χ0v) is 45.7. The molecule has 0 aliphatic rings. The van der Waals surface area contributed by atoms with Crippen molar-refractivity contribution in [3.63, 3.8) is 0 Å². The summed E-state index contributed by atoms with van der Waals surface area (Å²) < 4.78 is 6.78. The van der Waals surface area contributed by atoms with Crippen LogP contribution in [-0.2, 0) is 69.4 Å². The van der Waals surface area contributed by atoms with Gasteiger partial charge in [0.2, 0.25) is 0 Å². The average molecular weight is 1140 g/mol. The van der Waals surface area contributed by atoms with Crippen molar-refractivity contribution < 1.29 is 72.6 Å². The first kappa shape index (κ1) is 53.4. The third-order valence-corrected chi connectivity index (χ3v) is 9.95. The van der Waals surface area contributed by atoms with Crippen molar-refractivity contribution in [2.75, 3.05) is 0 Å². The third-order valence-electron chi connectivity index (χ3n) is 9.95. The number of hydrogen-bond donors (Lipinski definition) is 0. The fraction of sp³-hybridized carbons (Fsp3) is 0.296. The summed E-state index contributed by atoms with van der Waals surface area (Å²) >= 11 is 2.11. The molecule has 0 N–H and O–H groups in total. The van der Waals surface area contributed by atoms with Gasteiger partial charge in [0.25, 0.3) is 0 Å². The van der Waals surface area contributed by atoms with Crippen LogP contribution < -0.4 is 24.8 Å². The summed E-state index contributed by atoms with van der Waals surface area (Å²) in [5, 5.41) is 11.0. The summed E-state index contributed by atoms with van der Waals surface area (Å²) in [6.45, 7) is 27.1. The van der Waals surface area contributed by atoms with E-state index < -0.39 is 0 Å². The second-order valence-electron chi connectivity index (χ2n) is 18.3. The minimum Gasteiger partial charge on any atom is -1.00 e. The summed E-state index contributed by atoms with van der Waals surface area (Å²) in [4.78, 5) is 0. The van der Waals surface area contributed by atoms with Crippen LogP contribution in [0.25, 0.3) is 43.1 Å². The molecule has 0 aliphatic heterocycles. The molecule has 58 heavy (non-hydrogen) atoms. The van der Waals surface area contributed by atoms with E-state index >= 15 is 0 Å². The molecule has 0 spiro atoms. The summed E-state index contributed by atoms with van der Waals surface area (Å²) in [5.41, 5.74) is 6.80. The zero-order valence-electron chi connectivity index (χ0n) is 37.0. The van der Waals surface area contributed by atoms with E-state index in [9.17, 15) is 0 Å². The molecule has 0 aromatic heterocycles. The SMILES string of the molecule is CC(C)(C)c1c[cH-]c2ccccc12.CC(C)(C)c1c[cH-]c2ccccc12.CC(C)(C)c1c[cH-]c2ccccc12.CC(C)(C)c1c[cH-]c2ccccc12.[CH2]=[Hf+2].[CH2]=[Hf+2].[Cl-].[Cl-]. The zero-order chi connectivity index (χ0) is 41.9. The van der Waals surface area contributed by atoms with Gasteiger partial charge in [-0.3, -0.25) is 0 Å². The van der Waals surface area contributed by atoms with Gasteiger partial charge in [-0.05, 0) is 0 Å². The quantitative estimate of drug-likeness (QED) is 0.105. The Morgan fingerprint density at radius 3 is 0.621 bits per heavy atom. The standard InChI is InChI=1S/4C13H15.2CH2.2ClH.2Hf/c4*1-13(2,3)12-9-8-10-6-4-5-7-11(10)12;;;;;;/h4*4-9H,1-3H3;2*1H2;2*1H;;/q4*-1;;;;;2*+2/p-2. The second-order valence-corrected chi connectivity index (χ2v) is 18.3. The van der Waals surface area contributed by atoms with Crippen LogP contribution in [0.15, 0.2) is 146 Å². The Morgan fingerprint density at radius 2 is 0.466 bits per heavy atom. The van der Waals surface area contributed by atoms with E-state index in [1.807, 2.05) is 0 Å². The molecule has 0 saturated carbocycles. The van der Waals surface area contributed by atoms with Gasteiger partial charge in [-0.15, -0.1) is 187 Å². The minimum atomic E-state index is 0. The van der Waals surface area contributed by atoms with E-state index in [4.69, 9.17) is 0 Å². The maximum absolute atomic E-state index is 3.39. The van der Waals surface area contributed by atoms with E-state index in [0.717, 1.165) is 47.8 Å². The Balaban J connectivity index is 0.000000371. The fourth-order valence-electron chi connectivity index (χ4n) is 7.22. The molecule has 0 nitrogen and oxygen atoms in total. The van der Waals surface area contributed by atoms with Gasteiger partial charge in [-0.1, -0.05) is 129 Å². The van der Waals surface area contributed by atoms with Crippen LogP contribution >= 0.6 is 0 Å². The maximum atomic E-state index is 3.39. The Labute approximate surface area is 393 Å². The molecule has 4 heteroatoms. The third kappa shape index (κ3) is 14.2. The molecule has 0 unspecified atom stereocenters. The van der Waals surface area contributed by atoms with Crippen LogP contribution in [0.4, 0.5) is 0 Å². The Bertz CT molecular complexity index is 2050. The van der Waals surface area contributed by atoms with Crippen LogP contribution in [0, 0.1) is 0 Å². The Morgan fingerprint density at radius 1 is 0.310 bits per heavy atom. The van der Waals surface area contributed by atoms with Gasteiger partial charge in [0.05, 0.1) is 0 Å². The van der Waals surface area contributed by atoms with Crippen molar-refractivity contribution in [1.82, 2.24) is 0 Å². The maximum Gasteiger partial charge on any atom is -1.00 e. The minimum absolute atomic E-state index is 0. The predicted molar refractivity (Wildman–Crippen MR) is 247 cm³/mol. The molecule has 8 rings (SSSR count). The van der Waals surface area contributed by atoms with Gasteiger partial charge in [0, 0.05) is 0 Å². The van der Waals surface area contributed by atoms with Gasteiger partial charge in [0.1, 0.15) is 0 Å². The van der Waals surface area contributed by atoms with Crippen LogP contribution in [0.5, 0.6) is 0 Å². The fourth-order valence-corrected chi connectivity index (χ4v) is 7.22. The molecule has 0 heterocycles. The van der Waals surface area contributed by atoms with Gasteiger partial charge < -0.3 is 24.8 Å². The van der Waals surface area contributed by atoms with Crippen LogP contribution in [0.1, 0.15) is 105 Å². The van der Waals surface area contributed by atoms with E-state index in [0.29, 0.717) is 0 Å². The van der Waals surface area contributed by atoms with Gasteiger partial charge in [0.15, 0.2) is 0 Å². The topological polar surface area (TPSA) is 0 Å². The number of rotatable bonds is 0. The number of halogens is 2. The van der Waals surface area contributed by atoms with Crippen molar-refractivity contribution in [1.29, 1.82) is 0 Å². The molecule has 8 aromatic rings. The molecular weight excluding hydrogens is 1080 g/mol. The molecule has 0 aliphatic carbocycles. The second kappa shape index (κ2) is 23.4. The molecule has 0 fully saturated rings. The van der Waals surface area contributed by atoms with E-state index in [1.165, 1.54) is 65.3 Å². The van der Waals surface area contributed by atoms with Crippen molar-refractivity contribution in [2.45, 2.75) is 105 Å². The van der Waals surface area contributed by atoms with Crippen LogP contribution in [0.2, 0.25) is 0 Å². The van der Waals surface area contributed by atoms with Crippen molar-refractivity contribution >= 4 is 51.6 Å². The molecular formula is C54H64Cl2Hf2-2. The molecule has 0 radical (unpaired) electrons. The Hall–Kier alpha value is -2.62. The van der Waals surface area contributed by atoms with E-state index in [-0.39, 0.29) is 46.5 Å². The molecule has 0 amide bonds. The Kier molecular flexibility index (Phi) is 21.5. The van der Waals surface area contributed by atoms with Gasteiger partial charge >= 0.3 is 56.3 Å². The van der Waals surface area contributed by atoms with E-state index in [2.05, 4.69) is 237 Å². The summed E-state index contributed by atoms with van der Waals surface area (Å²) in [6, 6.07) is 52.1. The largest absolute Gasteiger partial charge is 1.00 e.